The van der Waals surface area contributed by atoms with E-state index in [0.717, 1.165) is 17.5 Å². The Kier molecular flexibility index (Phi) is 10.5. The van der Waals surface area contributed by atoms with Gasteiger partial charge in [0.25, 0.3) is 0 Å². The van der Waals surface area contributed by atoms with Crippen LogP contribution in [0.15, 0.2) is 18.2 Å². The van der Waals surface area contributed by atoms with Gasteiger partial charge >= 0.3 is 0 Å². The molecule has 0 amide bonds. The summed E-state index contributed by atoms with van der Waals surface area (Å²) in [6.45, 7) is 7.72. The fourth-order valence-corrected chi connectivity index (χ4v) is 0.795. The minimum atomic E-state index is -0.124. The van der Waals surface area contributed by atoms with E-state index in [1.54, 1.807) is 13.0 Å². The molecule has 1 rings (SSSR count). The summed E-state index contributed by atoms with van der Waals surface area (Å²) in [5, 5.41) is 5.86. The summed E-state index contributed by atoms with van der Waals surface area (Å²) in [6, 6.07) is 5.09. The van der Waals surface area contributed by atoms with Crippen molar-refractivity contribution in [3.63, 3.8) is 0 Å². The van der Waals surface area contributed by atoms with E-state index in [1.807, 2.05) is 26.8 Å². The average Bonchev–Trinajstić information content (AvgIpc) is 2.17. The van der Waals surface area contributed by atoms with E-state index in [2.05, 4.69) is 5.73 Å². The highest BCUT2D eigenvalue weighted by Gasteiger charge is 1.93. The Bertz CT molecular complexity index is 259. The maximum Gasteiger partial charge on any atom is 0.126 e. The summed E-state index contributed by atoms with van der Waals surface area (Å²) in [5.41, 5.74) is 6.21. The fourth-order valence-electron chi connectivity index (χ4n) is 0.795. The molecule has 0 radical (unpaired) electrons. The maximum absolute atomic E-state index is 12.5. The Morgan fingerprint density at radius 1 is 1.29 bits per heavy atom. The van der Waals surface area contributed by atoms with Crippen LogP contribution in [0.4, 0.5) is 4.39 Å². The number of hydrogen-bond donors (Lipinski definition) is 2. The molecule has 3 heteroatoms. The molecule has 0 aliphatic heterocycles. The van der Waals surface area contributed by atoms with Crippen molar-refractivity contribution in [2.45, 2.75) is 27.7 Å². The van der Waals surface area contributed by atoms with E-state index in [0.29, 0.717) is 0 Å². The van der Waals surface area contributed by atoms with Crippen LogP contribution in [0.5, 0.6) is 0 Å². The van der Waals surface area contributed by atoms with Gasteiger partial charge in [0.2, 0.25) is 0 Å². The van der Waals surface area contributed by atoms with E-state index in [1.165, 1.54) is 6.07 Å². The number of nitrogens with one attached hydrogen (secondary N) is 1. The molecule has 0 unspecified atom stereocenters. The molecule has 0 bridgehead atoms. The lowest BCUT2D eigenvalue weighted by molar-refractivity contribution is 0.618. The van der Waals surface area contributed by atoms with Crippen molar-refractivity contribution >= 4 is 6.34 Å². The minimum absolute atomic E-state index is 0.124. The SMILES string of the molecule is CC.Cc1ccc(F)c(C)c1.N=CN. The van der Waals surface area contributed by atoms with Gasteiger partial charge in [-0.1, -0.05) is 31.5 Å². The molecule has 0 aliphatic rings. The summed E-state index contributed by atoms with van der Waals surface area (Å²) in [4.78, 5) is 0. The number of halogens is 1. The van der Waals surface area contributed by atoms with Crippen LogP contribution in [0.25, 0.3) is 0 Å². The Balaban J connectivity index is 0. The molecular weight excluding hydrogens is 179 g/mol. The van der Waals surface area contributed by atoms with Gasteiger partial charge < -0.3 is 5.73 Å². The summed E-state index contributed by atoms with van der Waals surface area (Å²) in [5.74, 6) is -0.124. The van der Waals surface area contributed by atoms with Crippen LogP contribution in [0.3, 0.4) is 0 Å². The molecule has 0 aromatic heterocycles. The Morgan fingerprint density at radius 2 is 1.71 bits per heavy atom. The van der Waals surface area contributed by atoms with Crippen molar-refractivity contribution in [3.05, 3.63) is 35.1 Å². The second-order valence-electron chi connectivity index (χ2n) is 2.42. The molecule has 3 N–H and O–H groups in total. The number of hydrogen-bond acceptors (Lipinski definition) is 1. The van der Waals surface area contributed by atoms with Gasteiger partial charge in [0, 0.05) is 0 Å². The third-order valence-corrected chi connectivity index (χ3v) is 1.31. The number of aryl methyl sites for hydroxylation is 2. The van der Waals surface area contributed by atoms with Crippen LogP contribution in [-0.4, -0.2) is 6.34 Å². The van der Waals surface area contributed by atoms with E-state index in [4.69, 9.17) is 5.41 Å². The quantitative estimate of drug-likeness (QED) is 0.488. The molecular formula is C11H19FN2. The van der Waals surface area contributed by atoms with Gasteiger partial charge in [-0.05, 0) is 25.5 Å². The number of benzene rings is 1. The molecule has 0 fully saturated rings. The highest BCUT2D eigenvalue weighted by atomic mass is 19.1. The number of nitrogens with two attached hydrogens (primary N) is 1. The smallest absolute Gasteiger partial charge is 0.126 e. The highest BCUT2D eigenvalue weighted by Crippen LogP contribution is 2.06. The molecule has 0 atom stereocenters. The topological polar surface area (TPSA) is 49.9 Å². The van der Waals surface area contributed by atoms with Crippen LogP contribution in [-0.2, 0) is 0 Å². The third-order valence-electron chi connectivity index (χ3n) is 1.31. The predicted octanol–water partition coefficient (Wildman–Crippen LogP) is 3.02. The van der Waals surface area contributed by atoms with Gasteiger partial charge in [0.1, 0.15) is 5.82 Å². The first-order chi connectivity index (χ1) is 6.61. The molecule has 1 aromatic rings. The second kappa shape index (κ2) is 9.71. The highest BCUT2D eigenvalue weighted by molar-refractivity contribution is 5.46. The van der Waals surface area contributed by atoms with Gasteiger partial charge in [0.05, 0.1) is 6.34 Å². The third kappa shape index (κ3) is 7.28. The lowest BCUT2D eigenvalue weighted by Gasteiger charge is -1.95. The Labute approximate surface area is 85.5 Å². The van der Waals surface area contributed by atoms with Gasteiger partial charge in [-0.25, -0.2) is 4.39 Å². The van der Waals surface area contributed by atoms with Crippen molar-refractivity contribution in [2.24, 2.45) is 5.73 Å². The van der Waals surface area contributed by atoms with Crippen molar-refractivity contribution in [3.8, 4) is 0 Å². The molecule has 14 heavy (non-hydrogen) atoms. The second-order valence-corrected chi connectivity index (χ2v) is 2.42. The molecule has 0 heterocycles. The normalized spacial score (nSPS) is 7.50. The van der Waals surface area contributed by atoms with Gasteiger partial charge in [-0.15, -0.1) is 0 Å². The molecule has 1 aromatic carbocycles. The van der Waals surface area contributed by atoms with Crippen molar-refractivity contribution in [1.82, 2.24) is 0 Å². The van der Waals surface area contributed by atoms with Gasteiger partial charge in [-0.3, -0.25) is 5.41 Å². The first-order valence-corrected chi connectivity index (χ1v) is 4.55. The van der Waals surface area contributed by atoms with Crippen LogP contribution in [0, 0.1) is 25.1 Å². The summed E-state index contributed by atoms with van der Waals surface area (Å²) in [6.07, 6.45) is 0.750. The predicted molar refractivity (Wildman–Crippen MR) is 60.2 cm³/mol. The van der Waals surface area contributed by atoms with Crippen LogP contribution >= 0.6 is 0 Å². The van der Waals surface area contributed by atoms with E-state index in [9.17, 15) is 4.39 Å². The van der Waals surface area contributed by atoms with Crippen LogP contribution < -0.4 is 5.73 Å². The average molecular weight is 198 g/mol. The first-order valence-electron chi connectivity index (χ1n) is 4.55. The van der Waals surface area contributed by atoms with E-state index in [-0.39, 0.29) is 5.82 Å². The standard InChI is InChI=1S/C8H9F.C2H6.CH4N2/c1-6-3-4-8(9)7(2)5-6;1-2;2-1-3/h3-5H,1-2H3;1-2H3;1H,(H3,2,3). The number of rotatable bonds is 0. The van der Waals surface area contributed by atoms with E-state index >= 15 is 0 Å². The summed E-state index contributed by atoms with van der Waals surface area (Å²) < 4.78 is 12.5. The van der Waals surface area contributed by atoms with Crippen LogP contribution in [0.2, 0.25) is 0 Å². The molecule has 2 nitrogen and oxygen atoms in total. The lowest BCUT2D eigenvalue weighted by Crippen LogP contribution is -1.81. The Hall–Kier alpha value is -1.38. The van der Waals surface area contributed by atoms with Crippen molar-refractivity contribution < 1.29 is 4.39 Å². The summed E-state index contributed by atoms with van der Waals surface area (Å²) >= 11 is 0. The fraction of sp³-hybridized carbons (Fsp3) is 0.364. The molecule has 0 saturated carbocycles. The van der Waals surface area contributed by atoms with Gasteiger partial charge in [0.15, 0.2) is 0 Å². The maximum atomic E-state index is 12.5. The van der Waals surface area contributed by atoms with Crippen molar-refractivity contribution in [1.29, 1.82) is 5.41 Å². The zero-order chi connectivity index (χ0) is 11.6. The largest absolute Gasteiger partial charge is 0.390 e. The van der Waals surface area contributed by atoms with Crippen molar-refractivity contribution in [2.75, 3.05) is 0 Å². The summed E-state index contributed by atoms with van der Waals surface area (Å²) in [7, 11) is 0. The van der Waals surface area contributed by atoms with Gasteiger partial charge in [-0.2, -0.15) is 0 Å². The molecule has 0 spiro atoms. The Morgan fingerprint density at radius 3 is 2.00 bits per heavy atom. The minimum Gasteiger partial charge on any atom is -0.390 e. The van der Waals surface area contributed by atoms with E-state index < -0.39 is 0 Å². The molecule has 0 aliphatic carbocycles. The zero-order valence-corrected chi connectivity index (χ0v) is 9.26. The zero-order valence-electron chi connectivity index (χ0n) is 9.26. The lowest BCUT2D eigenvalue weighted by atomic mass is 10.1. The van der Waals surface area contributed by atoms with Crippen LogP contribution in [0.1, 0.15) is 25.0 Å². The molecule has 80 valence electrons. The first kappa shape index (κ1) is 15.1. The molecule has 0 saturated heterocycles. The monoisotopic (exact) mass is 198 g/mol.